The monoisotopic (exact) mass is 444 g/mol. The van der Waals surface area contributed by atoms with Crippen LogP contribution in [0, 0.1) is 11.6 Å². The van der Waals surface area contributed by atoms with E-state index < -0.39 is 26.6 Å². The van der Waals surface area contributed by atoms with E-state index in [9.17, 15) is 22.0 Å². The third kappa shape index (κ3) is 4.44. The fourth-order valence-corrected chi connectivity index (χ4v) is 4.77. The molecule has 1 aliphatic rings. The van der Waals surface area contributed by atoms with Crippen molar-refractivity contribution in [3.8, 4) is 0 Å². The van der Waals surface area contributed by atoms with E-state index in [1.54, 1.807) is 12.3 Å². The van der Waals surface area contributed by atoms with Crippen LogP contribution in [-0.4, -0.2) is 59.7 Å². The van der Waals surface area contributed by atoms with Crippen molar-refractivity contribution in [1.29, 1.82) is 0 Å². The van der Waals surface area contributed by atoms with Crippen molar-refractivity contribution in [2.45, 2.75) is 4.90 Å². The van der Waals surface area contributed by atoms with E-state index in [1.165, 1.54) is 11.0 Å². The van der Waals surface area contributed by atoms with Gasteiger partial charge in [0.2, 0.25) is 15.9 Å². The smallest absolute Gasteiger partial charge is 0.246 e. The number of para-hydroxylation sites is 2. The predicted molar refractivity (Wildman–Crippen MR) is 110 cm³/mol. The van der Waals surface area contributed by atoms with Crippen molar-refractivity contribution in [2.24, 2.45) is 0 Å². The minimum atomic E-state index is -4.20. The molecule has 0 spiro atoms. The third-order valence-corrected chi connectivity index (χ3v) is 6.84. The standard InChI is InChI=1S/C21H18F2N4O3S/c22-15-5-7-17(23)20(13-15)31(29,30)27-11-9-26(10-12-27)21(28)8-6-16-14-24-18-3-1-2-4-19(18)25-16/h1-8,13-14H,9-12H2/b8-6+. The Morgan fingerprint density at radius 3 is 2.45 bits per heavy atom. The Morgan fingerprint density at radius 1 is 1.00 bits per heavy atom. The van der Waals surface area contributed by atoms with Crippen molar-refractivity contribution in [2.75, 3.05) is 26.2 Å². The molecule has 2 aromatic carbocycles. The maximum atomic E-state index is 13.9. The Bertz CT molecular complexity index is 1270. The second kappa shape index (κ2) is 8.48. The van der Waals surface area contributed by atoms with Gasteiger partial charge in [-0.1, -0.05) is 12.1 Å². The normalized spacial score (nSPS) is 15.6. The summed E-state index contributed by atoms with van der Waals surface area (Å²) in [7, 11) is -4.20. The molecule has 0 N–H and O–H groups in total. The maximum Gasteiger partial charge on any atom is 0.246 e. The van der Waals surface area contributed by atoms with Crippen LogP contribution in [0.3, 0.4) is 0 Å². The van der Waals surface area contributed by atoms with Gasteiger partial charge in [0.15, 0.2) is 0 Å². The van der Waals surface area contributed by atoms with Gasteiger partial charge in [-0.15, -0.1) is 0 Å². The van der Waals surface area contributed by atoms with Crippen molar-refractivity contribution in [3.63, 3.8) is 0 Å². The molecule has 1 amide bonds. The topological polar surface area (TPSA) is 83.5 Å². The molecule has 0 radical (unpaired) electrons. The predicted octanol–water partition coefficient (Wildman–Crippen LogP) is 2.45. The molecular weight excluding hydrogens is 426 g/mol. The Kier molecular flexibility index (Phi) is 5.75. The fourth-order valence-electron chi connectivity index (χ4n) is 3.28. The largest absolute Gasteiger partial charge is 0.337 e. The van der Waals surface area contributed by atoms with Crippen LogP contribution in [-0.2, 0) is 14.8 Å². The van der Waals surface area contributed by atoms with Crippen molar-refractivity contribution < 1.29 is 22.0 Å². The van der Waals surface area contributed by atoms with Gasteiger partial charge in [-0.25, -0.2) is 22.2 Å². The zero-order valence-electron chi connectivity index (χ0n) is 16.3. The summed E-state index contributed by atoms with van der Waals surface area (Å²) in [4.78, 5) is 21.9. The van der Waals surface area contributed by atoms with Gasteiger partial charge in [0, 0.05) is 32.3 Å². The summed E-state index contributed by atoms with van der Waals surface area (Å²) in [6, 6.07) is 9.67. The minimum Gasteiger partial charge on any atom is -0.337 e. The molecule has 4 rings (SSSR count). The van der Waals surface area contributed by atoms with Crippen LogP contribution in [0.2, 0.25) is 0 Å². The number of rotatable bonds is 4. The summed E-state index contributed by atoms with van der Waals surface area (Å²) in [5.41, 5.74) is 1.98. The lowest BCUT2D eigenvalue weighted by atomic mass is 10.3. The number of hydrogen-bond donors (Lipinski definition) is 0. The summed E-state index contributed by atoms with van der Waals surface area (Å²) in [5.74, 6) is -2.15. The Labute approximate surface area is 177 Å². The number of carbonyl (C=O) groups excluding carboxylic acids is 1. The number of fused-ring (bicyclic) bond motifs is 1. The average molecular weight is 444 g/mol. The van der Waals surface area contributed by atoms with Gasteiger partial charge >= 0.3 is 0 Å². The number of benzene rings is 2. The van der Waals surface area contributed by atoms with Crippen LogP contribution in [0.1, 0.15) is 5.69 Å². The van der Waals surface area contributed by atoms with Crippen molar-refractivity contribution in [3.05, 3.63) is 72.1 Å². The van der Waals surface area contributed by atoms with Gasteiger partial charge in [-0.2, -0.15) is 4.31 Å². The first-order chi connectivity index (χ1) is 14.8. The molecular formula is C21H18F2N4O3S. The summed E-state index contributed by atoms with van der Waals surface area (Å²) >= 11 is 0. The number of carbonyl (C=O) groups is 1. The van der Waals surface area contributed by atoms with Crippen LogP contribution in [0.15, 0.2) is 59.6 Å². The molecule has 0 saturated carbocycles. The molecule has 160 valence electrons. The van der Waals surface area contributed by atoms with Gasteiger partial charge < -0.3 is 4.90 Å². The van der Waals surface area contributed by atoms with E-state index in [1.807, 2.05) is 24.3 Å². The summed E-state index contributed by atoms with van der Waals surface area (Å²) in [6.07, 6.45) is 4.46. The van der Waals surface area contributed by atoms with E-state index in [0.717, 1.165) is 22.0 Å². The summed E-state index contributed by atoms with van der Waals surface area (Å²) in [6.45, 7) is 0.215. The van der Waals surface area contributed by atoms with Gasteiger partial charge in [0.25, 0.3) is 0 Å². The van der Waals surface area contributed by atoms with E-state index in [0.29, 0.717) is 17.3 Å². The lowest BCUT2D eigenvalue weighted by molar-refractivity contribution is -0.127. The number of nitrogens with zero attached hydrogens (tertiary/aromatic N) is 4. The number of piperazine rings is 1. The highest BCUT2D eigenvalue weighted by Gasteiger charge is 2.31. The molecule has 0 atom stereocenters. The molecule has 7 nitrogen and oxygen atoms in total. The van der Waals surface area contributed by atoms with Crippen LogP contribution < -0.4 is 0 Å². The summed E-state index contributed by atoms with van der Waals surface area (Å²) in [5, 5.41) is 0. The Morgan fingerprint density at radius 2 is 1.71 bits per heavy atom. The SMILES string of the molecule is O=C(/C=C/c1cnc2ccccc2n1)N1CCN(S(=O)(=O)c2cc(F)ccc2F)CC1. The molecule has 1 fully saturated rings. The number of sulfonamides is 1. The quantitative estimate of drug-likeness (QED) is 0.578. The van der Waals surface area contributed by atoms with Crippen LogP contribution in [0.4, 0.5) is 8.78 Å². The van der Waals surface area contributed by atoms with Crippen molar-refractivity contribution in [1.82, 2.24) is 19.2 Å². The molecule has 1 aromatic heterocycles. The highest BCUT2D eigenvalue weighted by Crippen LogP contribution is 2.22. The first-order valence-electron chi connectivity index (χ1n) is 9.48. The van der Waals surface area contributed by atoms with E-state index in [2.05, 4.69) is 9.97 Å². The minimum absolute atomic E-state index is 0.0202. The number of hydrogen-bond acceptors (Lipinski definition) is 5. The molecule has 1 aliphatic heterocycles. The van der Waals surface area contributed by atoms with E-state index >= 15 is 0 Å². The molecule has 0 bridgehead atoms. The first-order valence-corrected chi connectivity index (χ1v) is 10.9. The van der Waals surface area contributed by atoms with E-state index in [-0.39, 0.29) is 32.1 Å². The fraction of sp³-hybridized carbons (Fsp3) is 0.190. The van der Waals surface area contributed by atoms with Gasteiger partial charge in [0.05, 0.1) is 22.9 Å². The highest BCUT2D eigenvalue weighted by atomic mass is 32.2. The molecule has 0 unspecified atom stereocenters. The number of halogens is 2. The number of aromatic nitrogens is 2. The van der Waals surface area contributed by atoms with E-state index in [4.69, 9.17) is 0 Å². The average Bonchev–Trinajstić information content (AvgIpc) is 2.79. The van der Waals surface area contributed by atoms with Crippen LogP contribution in [0.25, 0.3) is 17.1 Å². The Balaban J connectivity index is 1.41. The zero-order valence-corrected chi connectivity index (χ0v) is 17.1. The molecule has 3 aromatic rings. The lowest BCUT2D eigenvalue weighted by Crippen LogP contribution is -2.50. The molecule has 0 aliphatic carbocycles. The second-order valence-corrected chi connectivity index (χ2v) is 8.83. The van der Waals surface area contributed by atoms with Crippen LogP contribution >= 0.6 is 0 Å². The van der Waals surface area contributed by atoms with Crippen molar-refractivity contribution >= 4 is 33.0 Å². The third-order valence-electron chi connectivity index (χ3n) is 4.93. The maximum absolute atomic E-state index is 13.9. The lowest BCUT2D eigenvalue weighted by Gasteiger charge is -2.33. The molecule has 31 heavy (non-hydrogen) atoms. The Hall–Kier alpha value is -3.24. The van der Waals surface area contributed by atoms with Gasteiger partial charge in [0.1, 0.15) is 16.5 Å². The molecule has 10 heteroatoms. The molecule has 2 heterocycles. The number of amides is 1. The highest BCUT2D eigenvalue weighted by molar-refractivity contribution is 7.89. The zero-order chi connectivity index (χ0) is 22.0. The molecule has 1 saturated heterocycles. The summed E-state index contributed by atoms with van der Waals surface area (Å²) < 4.78 is 53.7. The van der Waals surface area contributed by atoms with Gasteiger partial charge in [-0.3, -0.25) is 9.78 Å². The second-order valence-electron chi connectivity index (χ2n) is 6.92. The van der Waals surface area contributed by atoms with Gasteiger partial charge in [-0.05, 0) is 36.4 Å². The van der Waals surface area contributed by atoms with Crippen LogP contribution in [0.5, 0.6) is 0 Å². The first kappa shape index (κ1) is 21.0.